The summed E-state index contributed by atoms with van der Waals surface area (Å²) >= 11 is 0. The molecule has 3 unspecified atom stereocenters. The van der Waals surface area contributed by atoms with Gasteiger partial charge in [-0.05, 0) is 55.7 Å². The van der Waals surface area contributed by atoms with Crippen molar-refractivity contribution in [1.29, 1.82) is 0 Å². The average Bonchev–Trinajstić information content (AvgIpc) is 2.67. The van der Waals surface area contributed by atoms with Crippen LogP contribution in [-0.2, 0) is 6.42 Å². The molecule has 0 aliphatic carbocycles. The van der Waals surface area contributed by atoms with Crippen LogP contribution in [0, 0.1) is 11.8 Å². The zero-order valence-corrected chi connectivity index (χ0v) is 17.3. The van der Waals surface area contributed by atoms with E-state index in [0.717, 1.165) is 31.9 Å². The molecule has 0 amide bonds. The molecule has 3 atom stereocenters. The molecule has 1 fully saturated rings. The maximum absolute atomic E-state index is 10.2. The van der Waals surface area contributed by atoms with Crippen LogP contribution in [0.4, 0.5) is 5.69 Å². The van der Waals surface area contributed by atoms with Gasteiger partial charge in [0.05, 0.1) is 11.7 Å². The van der Waals surface area contributed by atoms with Crippen LogP contribution in [0.25, 0.3) is 0 Å². The van der Waals surface area contributed by atoms with E-state index in [0.29, 0.717) is 17.5 Å². The molecule has 0 aromatic heterocycles. The second kappa shape index (κ2) is 9.63. The van der Waals surface area contributed by atoms with E-state index in [2.05, 4.69) is 61.3 Å². The third kappa shape index (κ3) is 5.75. The largest absolute Gasteiger partial charge is 0.506 e. The minimum atomic E-state index is 0.195. The molecule has 1 heterocycles. The molecule has 1 saturated heterocycles. The number of aliphatic imine (C=N–C) groups is 1. The van der Waals surface area contributed by atoms with Gasteiger partial charge in [0.25, 0.3) is 0 Å². The van der Waals surface area contributed by atoms with Crippen LogP contribution in [0.5, 0.6) is 5.75 Å². The van der Waals surface area contributed by atoms with E-state index in [4.69, 9.17) is 4.99 Å². The Morgan fingerprint density at radius 2 is 1.71 bits per heavy atom. The first-order valence-corrected chi connectivity index (χ1v) is 10.4. The van der Waals surface area contributed by atoms with Gasteiger partial charge in [0.1, 0.15) is 5.75 Å². The minimum Gasteiger partial charge on any atom is -0.506 e. The average molecular weight is 380 g/mol. The molecule has 28 heavy (non-hydrogen) atoms. The monoisotopic (exact) mass is 379 g/mol. The molecule has 3 rings (SSSR count). The van der Waals surface area contributed by atoms with Crippen molar-refractivity contribution in [1.82, 2.24) is 4.90 Å². The Labute approximate surface area is 169 Å². The van der Waals surface area contributed by atoms with Crippen LogP contribution in [0.15, 0.2) is 59.6 Å². The number of guanidine groups is 1. The number of para-hydroxylation sites is 2. The second-order valence-corrected chi connectivity index (χ2v) is 8.32. The van der Waals surface area contributed by atoms with Crippen molar-refractivity contribution in [2.45, 2.75) is 46.1 Å². The predicted octanol–water partition coefficient (Wildman–Crippen LogP) is 5.16. The van der Waals surface area contributed by atoms with Crippen LogP contribution >= 0.6 is 0 Å². The first-order valence-electron chi connectivity index (χ1n) is 10.4. The highest BCUT2D eigenvalue weighted by atomic mass is 16.3. The Kier molecular flexibility index (Phi) is 6.96. The summed E-state index contributed by atoms with van der Waals surface area (Å²) in [4.78, 5) is 7.39. The number of phenols is 1. The lowest BCUT2D eigenvalue weighted by Crippen LogP contribution is -2.46. The zero-order valence-electron chi connectivity index (χ0n) is 17.3. The SMILES string of the molecule is CC1CC(C)CN(C(=NC(C)CCc2ccccc2)Nc2ccccc2O)C1. The van der Waals surface area contributed by atoms with E-state index in [1.165, 1.54) is 12.0 Å². The van der Waals surface area contributed by atoms with Gasteiger partial charge in [-0.2, -0.15) is 0 Å². The third-order valence-corrected chi connectivity index (χ3v) is 5.36. The maximum atomic E-state index is 10.2. The summed E-state index contributed by atoms with van der Waals surface area (Å²) in [6, 6.07) is 18.1. The van der Waals surface area contributed by atoms with Gasteiger partial charge in [-0.1, -0.05) is 56.3 Å². The summed E-state index contributed by atoms with van der Waals surface area (Å²) in [6.45, 7) is 8.77. The lowest BCUT2D eigenvalue weighted by atomic mass is 9.92. The fourth-order valence-corrected chi connectivity index (χ4v) is 4.02. The summed E-state index contributed by atoms with van der Waals surface area (Å²) in [7, 11) is 0. The quantitative estimate of drug-likeness (QED) is 0.429. The van der Waals surface area contributed by atoms with Gasteiger partial charge < -0.3 is 15.3 Å². The normalized spacial score (nSPS) is 21.4. The molecule has 0 saturated carbocycles. The molecule has 2 aromatic carbocycles. The first-order chi connectivity index (χ1) is 13.5. The number of nitrogens with one attached hydrogen (secondary N) is 1. The molecule has 2 N–H and O–H groups in total. The Morgan fingerprint density at radius 1 is 1.07 bits per heavy atom. The fraction of sp³-hybridized carbons (Fsp3) is 0.458. The Hall–Kier alpha value is -2.49. The van der Waals surface area contributed by atoms with E-state index in [9.17, 15) is 5.11 Å². The van der Waals surface area contributed by atoms with Gasteiger partial charge in [0.2, 0.25) is 0 Å². The number of aromatic hydroxyl groups is 1. The number of nitrogens with zero attached hydrogens (tertiary/aromatic N) is 2. The van der Waals surface area contributed by atoms with Crippen molar-refractivity contribution in [3.8, 4) is 5.75 Å². The smallest absolute Gasteiger partial charge is 0.198 e. The van der Waals surface area contributed by atoms with E-state index < -0.39 is 0 Å². The third-order valence-electron chi connectivity index (χ3n) is 5.36. The number of phenolic OH excluding ortho intramolecular Hbond substituents is 1. The van der Waals surface area contributed by atoms with Gasteiger partial charge in [-0.3, -0.25) is 0 Å². The standard InChI is InChI=1S/C24H33N3O/c1-18-15-19(2)17-27(16-18)24(26-22-11-7-8-12-23(22)28)25-20(3)13-14-21-9-5-4-6-10-21/h4-12,18-20,28H,13-17H2,1-3H3,(H,25,26). The van der Waals surface area contributed by atoms with Gasteiger partial charge in [-0.15, -0.1) is 0 Å². The number of anilines is 1. The fourth-order valence-electron chi connectivity index (χ4n) is 4.02. The van der Waals surface area contributed by atoms with Crippen molar-refractivity contribution >= 4 is 11.6 Å². The Bertz CT molecular complexity index is 764. The number of likely N-dealkylation sites (tertiary alicyclic amines) is 1. The Balaban J connectivity index is 1.76. The molecule has 0 spiro atoms. The molecular formula is C24H33N3O. The van der Waals surface area contributed by atoms with Gasteiger partial charge in [0.15, 0.2) is 5.96 Å². The van der Waals surface area contributed by atoms with Gasteiger partial charge in [-0.25, -0.2) is 4.99 Å². The van der Waals surface area contributed by atoms with Crippen molar-refractivity contribution < 1.29 is 5.11 Å². The number of hydrogen-bond acceptors (Lipinski definition) is 2. The van der Waals surface area contributed by atoms with Crippen molar-refractivity contribution in [3.63, 3.8) is 0 Å². The van der Waals surface area contributed by atoms with E-state index in [1.807, 2.05) is 18.2 Å². The minimum absolute atomic E-state index is 0.195. The number of rotatable bonds is 5. The highest BCUT2D eigenvalue weighted by Gasteiger charge is 2.25. The highest BCUT2D eigenvalue weighted by molar-refractivity contribution is 5.95. The van der Waals surface area contributed by atoms with Crippen LogP contribution in [0.3, 0.4) is 0 Å². The summed E-state index contributed by atoms with van der Waals surface area (Å²) in [5.74, 6) is 2.41. The zero-order chi connectivity index (χ0) is 19.9. The molecule has 0 radical (unpaired) electrons. The van der Waals surface area contributed by atoms with Crippen LogP contribution in [0.2, 0.25) is 0 Å². The summed E-state index contributed by atoms with van der Waals surface area (Å²) in [5, 5.41) is 13.6. The van der Waals surface area contributed by atoms with Crippen molar-refractivity contribution in [3.05, 3.63) is 60.2 Å². The Morgan fingerprint density at radius 3 is 2.39 bits per heavy atom. The molecule has 4 nitrogen and oxygen atoms in total. The molecule has 2 aromatic rings. The number of aryl methyl sites for hydroxylation is 1. The number of hydrogen-bond donors (Lipinski definition) is 2. The van der Waals surface area contributed by atoms with Crippen LogP contribution in [-0.4, -0.2) is 35.1 Å². The lowest BCUT2D eigenvalue weighted by Gasteiger charge is -2.37. The van der Waals surface area contributed by atoms with Crippen molar-refractivity contribution in [2.75, 3.05) is 18.4 Å². The van der Waals surface area contributed by atoms with Crippen LogP contribution in [0.1, 0.15) is 39.2 Å². The van der Waals surface area contributed by atoms with E-state index in [1.54, 1.807) is 6.07 Å². The molecule has 4 heteroatoms. The topological polar surface area (TPSA) is 47.9 Å². The van der Waals surface area contributed by atoms with Gasteiger partial charge >= 0.3 is 0 Å². The van der Waals surface area contributed by atoms with E-state index in [-0.39, 0.29) is 11.8 Å². The second-order valence-electron chi connectivity index (χ2n) is 8.32. The summed E-state index contributed by atoms with van der Waals surface area (Å²) < 4.78 is 0. The molecular weight excluding hydrogens is 346 g/mol. The lowest BCUT2D eigenvalue weighted by molar-refractivity contribution is 0.212. The van der Waals surface area contributed by atoms with Gasteiger partial charge in [0, 0.05) is 13.1 Å². The molecule has 0 bridgehead atoms. The highest BCUT2D eigenvalue weighted by Crippen LogP contribution is 2.25. The molecule has 1 aliphatic heterocycles. The van der Waals surface area contributed by atoms with E-state index >= 15 is 0 Å². The predicted molar refractivity (Wildman–Crippen MR) is 118 cm³/mol. The summed E-state index contributed by atoms with van der Waals surface area (Å²) in [5.41, 5.74) is 2.06. The number of piperidine rings is 1. The number of benzene rings is 2. The first kappa shape index (κ1) is 20.2. The molecule has 1 aliphatic rings. The van der Waals surface area contributed by atoms with Crippen LogP contribution < -0.4 is 5.32 Å². The molecule has 150 valence electrons. The summed E-state index contributed by atoms with van der Waals surface area (Å²) in [6.07, 6.45) is 3.26. The maximum Gasteiger partial charge on any atom is 0.198 e. The van der Waals surface area contributed by atoms with Crippen molar-refractivity contribution in [2.24, 2.45) is 16.8 Å².